The monoisotopic (exact) mass is 322 g/mol. The molecule has 3 rings (SSSR count). The van der Waals surface area contributed by atoms with Crippen LogP contribution in [0.15, 0.2) is 41.0 Å². The Morgan fingerprint density at radius 2 is 2.21 bits per heavy atom. The summed E-state index contributed by atoms with van der Waals surface area (Å²) in [7, 11) is 0. The molecule has 1 aliphatic rings. The lowest BCUT2D eigenvalue weighted by Gasteiger charge is -2.27. The van der Waals surface area contributed by atoms with Gasteiger partial charge in [0.1, 0.15) is 5.75 Å². The first-order valence-corrected chi connectivity index (χ1v) is 6.82. The summed E-state index contributed by atoms with van der Waals surface area (Å²) in [6.45, 7) is 0.618. The topological polar surface area (TPSA) is 34.2 Å². The number of fused-ring (bicyclic) bond motifs is 1. The number of para-hydroxylation sites is 1. The zero-order chi connectivity index (χ0) is 13.2. The maximum Gasteiger partial charge on any atom is 0.166 e. The Morgan fingerprint density at radius 1 is 1.37 bits per heavy atom. The Balaban J connectivity index is 1.88. The van der Waals surface area contributed by atoms with E-state index in [9.17, 15) is 4.39 Å². The molecule has 0 bridgehead atoms. The SMILES string of the molecule is Fc1cc(Br)cnc1NC1CCOc2ccccc21. The highest BCUT2D eigenvalue weighted by Crippen LogP contribution is 2.34. The number of anilines is 1. The summed E-state index contributed by atoms with van der Waals surface area (Å²) < 4.78 is 20.0. The molecule has 19 heavy (non-hydrogen) atoms. The predicted octanol–water partition coefficient (Wildman–Crippen LogP) is 3.92. The van der Waals surface area contributed by atoms with E-state index >= 15 is 0 Å². The summed E-state index contributed by atoms with van der Waals surface area (Å²) in [5, 5.41) is 3.15. The fraction of sp³-hybridized carbons (Fsp3) is 0.214. The number of nitrogens with one attached hydrogen (secondary N) is 1. The molecule has 0 spiro atoms. The molecule has 0 fully saturated rings. The van der Waals surface area contributed by atoms with Crippen LogP contribution in [0, 0.1) is 5.82 Å². The van der Waals surface area contributed by atoms with Crippen LogP contribution in [0.4, 0.5) is 10.2 Å². The van der Waals surface area contributed by atoms with Crippen LogP contribution < -0.4 is 10.1 Å². The van der Waals surface area contributed by atoms with Crippen LogP contribution in [0.3, 0.4) is 0 Å². The minimum atomic E-state index is -0.363. The van der Waals surface area contributed by atoms with Crippen LogP contribution in [0.1, 0.15) is 18.0 Å². The van der Waals surface area contributed by atoms with Crippen molar-refractivity contribution < 1.29 is 9.13 Å². The van der Waals surface area contributed by atoms with Crippen LogP contribution in [-0.2, 0) is 0 Å². The molecule has 1 aromatic carbocycles. The molecule has 0 saturated heterocycles. The van der Waals surface area contributed by atoms with Crippen LogP contribution in [0.5, 0.6) is 5.75 Å². The molecule has 1 atom stereocenters. The van der Waals surface area contributed by atoms with Gasteiger partial charge in [0.05, 0.1) is 12.6 Å². The average Bonchev–Trinajstić information content (AvgIpc) is 2.42. The van der Waals surface area contributed by atoms with Crippen molar-refractivity contribution in [3.63, 3.8) is 0 Å². The van der Waals surface area contributed by atoms with Crippen molar-refractivity contribution in [3.05, 3.63) is 52.4 Å². The molecule has 3 nitrogen and oxygen atoms in total. The van der Waals surface area contributed by atoms with Crippen molar-refractivity contribution >= 4 is 21.7 Å². The highest BCUT2D eigenvalue weighted by Gasteiger charge is 2.22. The quantitative estimate of drug-likeness (QED) is 0.910. The minimum Gasteiger partial charge on any atom is -0.493 e. The van der Waals surface area contributed by atoms with Crippen molar-refractivity contribution in [1.29, 1.82) is 0 Å². The maximum absolute atomic E-state index is 13.8. The van der Waals surface area contributed by atoms with Crippen molar-refractivity contribution in [2.45, 2.75) is 12.5 Å². The van der Waals surface area contributed by atoms with Gasteiger partial charge < -0.3 is 10.1 Å². The second kappa shape index (κ2) is 5.17. The molecule has 98 valence electrons. The van der Waals surface area contributed by atoms with Gasteiger partial charge in [0.25, 0.3) is 0 Å². The van der Waals surface area contributed by atoms with E-state index in [1.165, 1.54) is 6.07 Å². The van der Waals surface area contributed by atoms with Gasteiger partial charge in [0.2, 0.25) is 0 Å². The number of hydrogen-bond acceptors (Lipinski definition) is 3. The van der Waals surface area contributed by atoms with E-state index in [1.54, 1.807) is 6.20 Å². The molecule has 0 aliphatic carbocycles. The summed E-state index contributed by atoms with van der Waals surface area (Å²) in [5.74, 6) is 0.757. The highest BCUT2D eigenvalue weighted by atomic mass is 79.9. The maximum atomic E-state index is 13.8. The van der Waals surface area contributed by atoms with Crippen molar-refractivity contribution in [1.82, 2.24) is 4.98 Å². The first-order chi connectivity index (χ1) is 9.24. The van der Waals surface area contributed by atoms with Crippen LogP contribution in [0.2, 0.25) is 0 Å². The minimum absolute atomic E-state index is 0.0214. The standard InChI is InChI=1S/C14H12BrFN2O/c15-9-7-11(16)14(17-8-9)18-12-5-6-19-13-4-2-1-3-10(12)13/h1-4,7-8,12H,5-6H2,(H,17,18). The van der Waals surface area contributed by atoms with E-state index in [4.69, 9.17) is 4.74 Å². The normalized spacial score (nSPS) is 17.5. The van der Waals surface area contributed by atoms with E-state index in [-0.39, 0.29) is 17.7 Å². The lowest BCUT2D eigenvalue weighted by Crippen LogP contribution is -2.21. The predicted molar refractivity (Wildman–Crippen MR) is 74.8 cm³/mol. The smallest absolute Gasteiger partial charge is 0.166 e. The van der Waals surface area contributed by atoms with Crippen molar-refractivity contribution in [3.8, 4) is 5.75 Å². The van der Waals surface area contributed by atoms with Gasteiger partial charge in [0, 0.05) is 22.7 Å². The van der Waals surface area contributed by atoms with E-state index < -0.39 is 0 Å². The summed E-state index contributed by atoms with van der Waals surface area (Å²) in [5.41, 5.74) is 1.04. The van der Waals surface area contributed by atoms with Gasteiger partial charge >= 0.3 is 0 Å². The molecule has 1 N–H and O–H groups in total. The Hall–Kier alpha value is -1.62. The Labute approximate surface area is 118 Å². The van der Waals surface area contributed by atoms with E-state index in [1.807, 2.05) is 24.3 Å². The van der Waals surface area contributed by atoms with Crippen molar-refractivity contribution in [2.24, 2.45) is 0 Å². The molecular weight excluding hydrogens is 311 g/mol. The van der Waals surface area contributed by atoms with Gasteiger partial charge in [-0.2, -0.15) is 0 Å². The fourth-order valence-corrected chi connectivity index (χ4v) is 2.48. The lowest BCUT2D eigenvalue weighted by atomic mass is 10.0. The largest absolute Gasteiger partial charge is 0.493 e. The zero-order valence-corrected chi connectivity index (χ0v) is 11.7. The summed E-state index contributed by atoms with van der Waals surface area (Å²) in [4.78, 5) is 4.07. The zero-order valence-electron chi connectivity index (χ0n) is 10.1. The molecule has 5 heteroatoms. The molecule has 1 unspecified atom stereocenters. The highest BCUT2D eigenvalue weighted by molar-refractivity contribution is 9.10. The molecule has 2 aromatic rings. The Morgan fingerprint density at radius 3 is 3.05 bits per heavy atom. The second-order valence-corrected chi connectivity index (χ2v) is 5.27. The third-order valence-corrected chi connectivity index (χ3v) is 3.51. The van der Waals surface area contributed by atoms with Gasteiger partial charge in [0.15, 0.2) is 11.6 Å². The van der Waals surface area contributed by atoms with Crippen LogP contribution in [-0.4, -0.2) is 11.6 Å². The van der Waals surface area contributed by atoms with Gasteiger partial charge in [-0.3, -0.25) is 0 Å². The number of aromatic nitrogens is 1. The molecule has 0 amide bonds. The third-order valence-electron chi connectivity index (χ3n) is 3.08. The fourth-order valence-electron chi connectivity index (χ4n) is 2.18. The Kier molecular flexibility index (Phi) is 3.38. The first-order valence-electron chi connectivity index (χ1n) is 6.03. The van der Waals surface area contributed by atoms with Crippen molar-refractivity contribution in [2.75, 3.05) is 11.9 Å². The number of rotatable bonds is 2. The van der Waals surface area contributed by atoms with E-state index in [0.29, 0.717) is 11.1 Å². The number of hydrogen-bond donors (Lipinski definition) is 1. The Bertz CT molecular complexity index is 606. The molecule has 1 aromatic heterocycles. The van der Waals surface area contributed by atoms with E-state index in [0.717, 1.165) is 17.7 Å². The molecular formula is C14H12BrFN2O. The lowest BCUT2D eigenvalue weighted by molar-refractivity contribution is 0.274. The summed E-state index contributed by atoms with van der Waals surface area (Å²) in [6, 6.07) is 9.22. The van der Waals surface area contributed by atoms with Gasteiger partial charge in [-0.05, 0) is 28.1 Å². The second-order valence-electron chi connectivity index (χ2n) is 4.36. The average molecular weight is 323 g/mol. The van der Waals surface area contributed by atoms with Gasteiger partial charge in [-0.1, -0.05) is 18.2 Å². The molecule has 0 radical (unpaired) electrons. The summed E-state index contributed by atoms with van der Waals surface area (Å²) >= 11 is 3.20. The van der Waals surface area contributed by atoms with E-state index in [2.05, 4.69) is 26.2 Å². The molecule has 0 saturated carbocycles. The van der Waals surface area contributed by atoms with Gasteiger partial charge in [-0.25, -0.2) is 9.37 Å². The summed E-state index contributed by atoms with van der Waals surface area (Å²) in [6.07, 6.45) is 2.37. The first kappa shape index (κ1) is 12.4. The number of nitrogens with zero attached hydrogens (tertiary/aromatic N) is 1. The van der Waals surface area contributed by atoms with Gasteiger partial charge in [-0.15, -0.1) is 0 Å². The third kappa shape index (κ3) is 2.56. The van der Waals surface area contributed by atoms with Crippen LogP contribution >= 0.6 is 15.9 Å². The number of pyridine rings is 1. The molecule has 1 aliphatic heterocycles. The number of halogens is 2. The number of benzene rings is 1. The van der Waals surface area contributed by atoms with Crippen LogP contribution in [0.25, 0.3) is 0 Å². The number of ether oxygens (including phenoxy) is 1. The molecule has 2 heterocycles.